The smallest absolute Gasteiger partial charge is 0.412 e. The number of hydrogen-bond donors (Lipinski definition) is 2. The first-order valence-electron chi connectivity index (χ1n) is 9.74. The second kappa shape index (κ2) is 9.10. The van der Waals surface area contributed by atoms with Crippen molar-refractivity contribution in [1.82, 2.24) is 0 Å². The lowest BCUT2D eigenvalue weighted by atomic mass is 10.2. The number of amides is 3. The van der Waals surface area contributed by atoms with E-state index in [0.29, 0.717) is 0 Å². The number of nitro benzene ring substituents is 1. The summed E-state index contributed by atoms with van der Waals surface area (Å²) >= 11 is 0. The van der Waals surface area contributed by atoms with Gasteiger partial charge in [-0.05, 0) is 45.0 Å². The van der Waals surface area contributed by atoms with Gasteiger partial charge in [0.05, 0.1) is 16.3 Å². The summed E-state index contributed by atoms with van der Waals surface area (Å²) in [7, 11) is 0. The van der Waals surface area contributed by atoms with Crippen LogP contribution in [-0.4, -0.2) is 41.6 Å². The van der Waals surface area contributed by atoms with Crippen molar-refractivity contribution >= 4 is 40.7 Å². The Hall–Kier alpha value is -4.22. The molecular formula is C21H21FN4O7. The second-order valence-corrected chi connectivity index (χ2v) is 8.05. The number of nitro groups is 1. The van der Waals surface area contributed by atoms with Crippen molar-refractivity contribution in [1.29, 1.82) is 0 Å². The van der Waals surface area contributed by atoms with Gasteiger partial charge in [0.15, 0.2) is 6.61 Å². The largest absolute Gasteiger partial charge is 0.482 e. The van der Waals surface area contributed by atoms with Gasteiger partial charge < -0.3 is 14.8 Å². The molecular weight excluding hydrogens is 439 g/mol. The van der Waals surface area contributed by atoms with Crippen LogP contribution in [0, 0.1) is 15.9 Å². The van der Waals surface area contributed by atoms with Gasteiger partial charge in [-0.2, -0.15) is 0 Å². The zero-order valence-electron chi connectivity index (χ0n) is 18.0. The van der Waals surface area contributed by atoms with Gasteiger partial charge in [-0.1, -0.05) is 0 Å². The fourth-order valence-electron chi connectivity index (χ4n) is 2.93. The molecule has 0 spiro atoms. The molecule has 0 unspecified atom stereocenters. The van der Waals surface area contributed by atoms with Crippen molar-refractivity contribution in [2.45, 2.75) is 26.4 Å². The zero-order valence-corrected chi connectivity index (χ0v) is 18.0. The zero-order chi connectivity index (χ0) is 24.3. The third-order valence-corrected chi connectivity index (χ3v) is 4.28. The van der Waals surface area contributed by atoms with Crippen LogP contribution in [0.5, 0.6) is 5.75 Å². The van der Waals surface area contributed by atoms with E-state index in [0.717, 1.165) is 17.0 Å². The molecule has 0 aromatic heterocycles. The summed E-state index contributed by atoms with van der Waals surface area (Å²) in [6.07, 6.45) is -0.873. The van der Waals surface area contributed by atoms with Crippen molar-refractivity contribution in [2.24, 2.45) is 0 Å². The van der Waals surface area contributed by atoms with Crippen LogP contribution in [0.3, 0.4) is 0 Å². The molecule has 0 saturated heterocycles. The highest BCUT2D eigenvalue weighted by Gasteiger charge is 2.29. The minimum absolute atomic E-state index is 0.0852. The predicted octanol–water partition coefficient (Wildman–Crippen LogP) is 3.45. The summed E-state index contributed by atoms with van der Waals surface area (Å²) in [4.78, 5) is 48.3. The highest BCUT2D eigenvalue weighted by molar-refractivity contribution is 6.05. The Labute approximate surface area is 187 Å². The van der Waals surface area contributed by atoms with E-state index in [9.17, 15) is 28.9 Å². The van der Waals surface area contributed by atoms with Gasteiger partial charge in [0.25, 0.3) is 11.6 Å². The molecule has 3 rings (SSSR count). The van der Waals surface area contributed by atoms with E-state index in [-0.39, 0.29) is 35.1 Å². The Bertz CT molecular complexity index is 1130. The van der Waals surface area contributed by atoms with E-state index in [1.165, 1.54) is 24.3 Å². The molecule has 1 heterocycles. The van der Waals surface area contributed by atoms with Crippen molar-refractivity contribution in [3.05, 3.63) is 52.3 Å². The fourth-order valence-corrected chi connectivity index (χ4v) is 2.93. The number of fused-ring (bicyclic) bond motifs is 1. The summed E-state index contributed by atoms with van der Waals surface area (Å²) in [5.74, 6) is -1.75. The number of halogens is 1. The van der Waals surface area contributed by atoms with Crippen LogP contribution in [0.2, 0.25) is 0 Å². The summed E-state index contributed by atoms with van der Waals surface area (Å²) in [6, 6.07) is 7.22. The second-order valence-electron chi connectivity index (χ2n) is 8.05. The molecule has 0 saturated carbocycles. The number of benzene rings is 2. The van der Waals surface area contributed by atoms with Gasteiger partial charge in [-0.15, -0.1) is 0 Å². The van der Waals surface area contributed by atoms with Gasteiger partial charge in [0, 0.05) is 17.8 Å². The molecule has 0 atom stereocenters. The van der Waals surface area contributed by atoms with Crippen LogP contribution in [-0.2, 0) is 14.3 Å². The van der Waals surface area contributed by atoms with Crippen LogP contribution < -0.4 is 20.3 Å². The quantitative estimate of drug-likeness (QED) is 0.514. The number of ether oxygens (including phenoxy) is 2. The van der Waals surface area contributed by atoms with Crippen LogP contribution in [0.1, 0.15) is 20.8 Å². The minimum Gasteiger partial charge on any atom is -0.482 e. The summed E-state index contributed by atoms with van der Waals surface area (Å²) < 4.78 is 24.4. The Kier molecular flexibility index (Phi) is 6.47. The van der Waals surface area contributed by atoms with Crippen molar-refractivity contribution in [3.63, 3.8) is 0 Å². The maximum Gasteiger partial charge on any atom is 0.412 e. The van der Waals surface area contributed by atoms with Crippen LogP contribution in [0.4, 0.5) is 31.9 Å². The van der Waals surface area contributed by atoms with Gasteiger partial charge in [-0.25, -0.2) is 9.18 Å². The van der Waals surface area contributed by atoms with E-state index in [1.54, 1.807) is 20.8 Å². The van der Waals surface area contributed by atoms with Gasteiger partial charge in [-0.3, -0.25) is 29.9 Å². The Balaban J connectivity index is 1.74. The Morgan fingerprint density at radius 1 is 1.21 bits per heavy atom. The number of hydrogen-bond acceptors (Lipinski definition) is 7. The molecule has 11 nitrogen and oxygen atoms in total. The number of rotatable bonds is 5. The first-order chi connectivity index (χ1) is 15.4. The lowest BCUT2D eigenvalue weighted by Crippen LogP contribution is -2.43. The van der Waals surface area contributed by atoms with Crippen molar-refractivity contribution < 1.29 is 33.2 Å². The molecule has 2 aromatic rings. The predicted molar refractivity (Wildman–Crippen MR) is 116 cm³/mol. The van der Waals surface area contributed by atoms with E-state index >= 15 is 0 Å². The molecule has 174 valence electrons. The molecule has 2 aromatic carbocycles. The van der Waals surface area contributed by atoms with Crippen molar-refractivity contribution in [2.75, 3.05) is 28.7 Å². The molecule has 3 amide bonds. The highest BCUT2D eigenvalue weighted by atomic mass is 19.1. The third-order valence-electron chi connectivity index (χ3n) is 4.28. The van der Waals surface area contributed by atoms with Gasteiger partial charge in [0.1, 0.15) is 23.7 Å². The Morgan fingerprint density at radius 2 is 1.94 bits per heavy atom. The molecule has 1 aliphatic rings. The maximum absolute atomic E-state index is 14.1. The fraction of sp³-hybridized carbons (Fsp3) is 0.286. The molecule has 0 fully saturated rings. The maximum atomic E-state index is 14.1. The lowest BCUT2D eigenvalue weighted by Gasteiger charge is -2.28. The average molecular weight is 460 g/mol. The number of anilines is 3. The van der Waals surface area contributed by atoms with E-state index in [4.69, 9.17) is 9.47 Å². The number of non-ortho nitro benzene ring substituents is 1. The van der Waals surface area contributed by atoms with E-state index in [2.05, 4.69) is 10.6 Å². The van der Waals surface area contributed by atoms with Crippen LogP contribution in [0.25, 0.3) is 0 Å². The highest BCUT2D eigenvalue weighted by Crippen LogP contribution is 2.35. The topological polar surface area (TPSA) is 140 Å². The van der Waals surface area contributed by atoms with Crippen LogP contribution >= 0.6 is 0 Å². The molecule has 0 radical (unpaired) electrons. The monoisotopic (exact) mass is 460 g/mol. The SMILES string of the molecule is CC(C)(C)OC(=O)Nc1cc(NC(=O)CN2C(=O)COc3ccc([N+](=O)[O-])cc32)ccc1F. The van der Waals surface area contributed by atoms with E-state index in [1.807, 2.05) is 0 Å². The van der Waals surface area contributed by atoms with Crippen LogP contribution in [0.15, 0.2) is 36.4 Å². The Morgan fingerprint density at radius 3 is 2.61 bits per heavy atom. The van der Waals surface area contributed by atoms with Crippen molar-refractivity contribution in [3.8, 4) is 5.75 Å². The summed E-state index contributed by atoms with van der Waals surface area (Å²) in [5, 5.41) is 15.8. The average Bonchev–Trinajstić information content (AvgIpc) is 2.70. The number of nitrogens with zero attached hydrogens (tertiary/aromatic N) is 2. The summed E-state index contributed by atoms with van der Waals surface area (Å²) in [6.45, 7) is 4.15. The van der Waals surface area contributed by atoms with Gasteiger partial charge >= 0.3 is 6.09 Å². The number of carbonyl (C=O) groups is 3. The van der Waals surface area contributed by atoms with E-state index < -0.39 is 40.8 Å². The molecule has 12 heteroatoms. The first kappa shape index (κ1) is 23.4. The molecule has 1 aliphatic heterocycles. The molecule has 33 heavy (non-hydrogen) atoms. The molecule has 2 N–H and O–H groups in total. The standard InChI is InChI=1S/C21H21FN4O7/c1-21(2,3)33-20(29)24-15-8-12(4-6-14(15)22)23-18(27)10-25-16-9-13(26(30)31)5-7-17(16)32-11-19(25)28/h4-9H,10-11H2,1-3H3,(H,23,27)(H,24,29). The minimum atomic E-state index is -0.873. The summed E-state index contributed by atoms with van der Waals surface area (Å²) in [5.41, 5.74) is -1.05. The first-order valence-corrected chi connectivity index (χ1v) is 9.74. The number of nitrogens with one attached hydrogen (secondary N) is 2. The molecule has 0 bridgehead atoms. The number of carbonyl (C=O) groups excluding carboxylic acids is 3. The third kappa shape index (κ3) is 5.93. The normalized spacial score (nSPS) is 13.0. The lowest BCUT2D eigenvalue weighted by molar-refractivity contribution is -0.384. The molecule has 0 aliphatic carbocycles. The van der Waals surface area contributed by atoms with Gasteiger partial charge in [0.2, 0.25) is 5.91 Å².